The van der Waals surface area contributed by atoms with Crippen molar-refractivity contribution in [3.63, 3.8) is 0 Å². The Balaban J connectivity index is 1.45. The summed E-state index contributed by atoms with van der Waals surface area (Å²) in [6.45, 7) is 0.0113. The topological polar surface area (TPSA) is 42.4 Å². The Hall–Kier alpha value is -4.22. The molecule has 35 heavy (non-hydrogen) atoms. The number of rotatable bonds is 5. The van der Waals surface area contributed by atoms with Gasteiger partial charge in [-0.15, -0.1) is 11.3 Å². The van der Waals surface area contributed by atoms with Crippen LogP contribution in [0.15, 0.2) is 115 Å². The van der Waals surface area contributed by atoms with E-state index < -0.39 is 0 Å². The van der Waals surface area contributed by atoms with Gasteiger partial charge in [0.25, 0.3) is 5.91 Å². The molecule has 1 aliphatic rings. The number of carbonyl (C=O) groups excluding carboxylic acids is 1. The Morgan fingerprint density at radius 1 is 0.771 bits per heavy atom. The van der Waals surface area contributed by atoms with Gasteiger partial charge in [-0.25, -0.2) is 4.98 Å². The van der Waals surface area contributed by atoms with Crippen molar-refractivity contribution in [2.45, 2.75) is 6.04 Å². The van der Waals surface area contributed by atoms with Crippen molar-refractivity contribution in [3.05, 3.63) is 126 Å². The maximum Gasteiger partial charge on any atom is 0.265 e. The monoisotopic (exact) mass is 474 g/mol. The van der Waals surface area contributed by atoms with E-state index >= 15 is 0 Å². The summed E-state index contributed by atoms with van der Waals surface area (Å²) in [4.78, 5) is 20.1. The van der Waals surface area contributed by atoms with Gasteiger partial charge in [0.05, 0.1) is 17.4 Å². The highest BCUT2D eigenvalue weighted by molar-refractivity contribution is 7.13. The lowest BCUT2D eigenvalue weighted by Crippen LogP contribution is -2.42. The first-order valence-electron chi connectivity index (χ1n) is 11.5. The van der Waals surface area contributed by atoms with Crippen LogP contribution < -0.4 is 9.64 Å². The minimum Gasteiger partial charge on any atom is -0.482 e. The molecule has 5 heteroatoms. The normalized spacial score (nSPS) is 12.9. The molecule has 170 valence electrons. The number of nitrogens with zero attached hydrogens (tertiary/aromatic N) is 2. The van der Waals surface area contributed by atoms with Crippen LogP contribution in [-0.2, 0) is 4.79 Å². The van der Waals surface area contributed by atoms with Crippen molar-refractivity contribution in [3.8, 4) is 27.6 Å². The second-order valence-corrected chi connectivity index (χ2v) is 9.22. The molecule has 0 atom stereocenters. The highest BCUT2D eigenvalue weighted by atomic mass is 32.1. The quantitative estimate of drug-likeness (QED) is 0.276. The number of hydrogen-bond acceptors (Lipinski definition) is 4. The Morgan fingerprint density at radius 3 is 2.06 bits per heavy atom. The summed E-state index contributed by atoms with van der Waals surface area (Å²) in [6, 6.07) is 36.2. The first-order valence-corrected chi connectivity index (χ1v) is 12.4. The van der Waals surface area contributed by atoms with Gasteiger partial charge in [0.1, 0.15) is 10.8 Å². The number of fused-ring (bicyclic) bond motifs is 1. The Kier molecular flexibility index (Phi) is 5.60. The molecule has 0 aliphatic carbocycles. The summed E-state index contributed by atoms with van der Waals surface area (Å²) in [7, 11) is 0. The molecule has 6 rings (SSSR count). The predicted octanol–water partition coefficient (Wildman–Crippen LogP) is 6.99. The van der Waals surface area contributed by atoms with Gasteiger partial charge in [0, 0.05) is 16.5 Å². The van der Waals surface area contributed by atoms with Crippen LogP contribution in [0.2, 0.25) is 0 Å². The fraction of sp³-hybridized carbons (Fsp3) is 0.0667. The average molecular weight is 475 g/mol. The standard InChI is InChI=1S/C30H22N2O2S/c33-28-19-34-27-17-16-24(25-20-35-30(31-25)23-14-8-3-9-15-23)18-26(27)32(28)29(21-10-4-1-5-11-21)22-12-6-2-7-13-22/h1-18,20,29H,19H2. The third-order valence-corrected chi connectivity index (χ3v) is 7.04. The fourth-order valence-corrected chi connectivity index (χ4v) is 5.33. The lowest BCUT2D eigenvalue weighted by atomic mass is 9.95. The summed E-state index contributed by atoms with van der Waals surface area (Å²) in [5, 5.41) is 3.03. The molecular formula is C30H22N2O2S. The zero-order chi connectivity index (χ0) is 23.6. The van der Waals surface area contributed by atoms with Gasteiger partial charge in [-0.1, -0.05) is 91.0 Å². The van der Waals surface area contributed by atoms with Crippen LogP contribution in [-0.4, -0.2) is 17.5 Å². The highest BCUT2D eigenvalue weighted by Gasteiger charge is 2.34. The predicted molar refractivity (Wildman–Crippen MR) is 141 cm³/mol. The number of thiazole rings is 1. The Labute approximate surface area is 208 Å². The zero-order valence-electron chi connectivity index (χ0n) is 18.9. The zero-order valence-corrected chi connectivity index (χ0v) is 19.7. The molecule has 4 aromatic carbocycles. The van der Waals surface area contributed by atoms with E-state index in [0.29, 0.717) is 5.75 Å². The van der Waals surface area contributed by atoms with E-state index in [1.807, 2.05) is 77.7 Å². The van der Waals surface area contributed by atoms with Gasteiger partial charge in [-0.2, -0.15) is 0 Å². The van der Waals surface area contributed by atoms with E-state index in [-0.39, 0.29) is 18.6 Å². The molecule has 0 saturated carbocycles. The van der Waals surface area contributed by atoms with E-state index in [0.717, 1.165) is 38.6 Å². The molecule has 5 aromatic rings. The van der Waals surface area contributed by atoms with E-state index in [1.165, 1.54) is 0 Å². The van der Waals surface area contributed by atoms with Crippen molar-refractivity contribution >= 4 is 22.9 Å². The van der Waals surface area contributed by atoms with Crippen LogP contribution in [0, 0.1) is 0 Å². The van der Waals surface area contributed by atoms with Crippen LogP contribution >= 0.6 is 11.3 Å². The molecule has 1 aliphatic heterocycles. The minimum atomic E-state index is -0.266. The molecule has 4 nitrogen and oxygen atoms in total. The van der Waals surface area contributed by atoms with E-state index in [2.05, 4.69) is 41.8 Å². The maximum absolute atomic E-state index is 13.4. The highest BCUT2D eigenvalue weighted by Crippen LogP contribution is 2.42. The van der Waals surface area contributed by atoms with E-state index in [9.17, 15) is 4.79 Å². The SMILES string of the molecule is O=C1COc2ccc(-c3csc(-c4ccccc4)n3)cc2N1C(c1ccccc1)c1ccccc1. The number of hydrogen-bond donors (Lipinski definition) is 0. The van der Waals surface area contributed by atoms with Crippen LogP contribution in [0.3, 0.4) is 0 Å². The molecule has 0 unspecified atom stereocenters. The lowest BCUT2D eigenvalue weighted by Gasteiger charge is -2.36. The van der Waals surface area contributed by atoms with Gasteiger partial charge in [-0.05, 0) is 29.3 Å². The minimum absolute atomic E-state index is 0.0113. The molecule has 0 N–H and O–H groups in total. The van der Waals surface area contributed by atoms with Gasteiger partial charge < -0.3 is 4.74 Å². The average Bonchev–Trinajstić information content (AvgIpc) is 3.42. The van der Waals surface area contributed by atoms with Crippen molar-refractivity contribution in [1.82, 2.24) is 4.98 Å². The van der Waals surface area contributed by atoms with Crippen LogP contribution in [0.1, 0.15) is 17.2 Å². The summed E-state index contributed by atoms with van der Waals surface area (Å²) in [5.41, 5.74) is 5.77. The van der Waals surface area contributed by atoms with Crippen LogP contribution in [0.25, 0.3) is 21.8 Å². The molecule has 0 saturated heterocycles. The van der Waals surface area contributed by atoms with Crippen molar-refractivity contribution in [1.29, 1.82) is 0 Å². The second kappa shape index (κ2) is 9.20. The summed E-state index contributed by atoms with van der Waals surface area (Å²) >= 11 is 1.61. The molecule has 1 aromatic heterocycles. The first-order chi connectivity index (χ1) is 17.3. The second-order valence-electron chi connectivity index (χ2n) is 8.36. The van der Waals surface area contributed by atoms with Gasteiger partial charge in [0.15, 0.2) is 6.61 Å². The lowest BCUT2D eigenvalue weighted by molar-refractivity contribution is -0.121. The van der Waals surface area contributed by atoms with Crippen molar-refractivity contribution in [2.75, 3.05) is 11.5 Å². The van der Waals surface area contributed by atoms with Gasteiger partial charge in [0.2, 0.25) is 0 Å². The summed E-state index contributed by atoms with van der Waals surface area (Å²) < 4.78 is 5.84. The third kappa shape index (κ3) is 4.11. The van der Waals surface area contributed by atoms with E-state index in [1.54, 1.807) is 11.3 Å². The fourth-order valence-electron chi connectivity index (χ4n) is 4.49. The van der Waals surface area contributed by atoms with Gasteiger partial charge in [-0.3, -0.25) is 9.69 Å². The summed E-state index contributed by atoms with van der Waals surface area (Å²) in [5.74, 6) is 0.624. The number of anilines is 1. The Morgan fingerprint density at radius 2 is 1.40 bits per heavy atom. The summed E-state index contributed by atoms with van der Waals surface area (Å²) in [6.07, 6.45) is 0. The number of aromatic nitrogens is 1. The molecule has 0 spiro atoms. The molecule has 0 radical (unpaired) electrons. The molecule has 2 heterocycles. The van der Waals surface area contributed by atoms with Crippen molar-refractivity contribution in [2.24, 2.45) is 0 Å². The molecular weight excluding hydrogens is 452 g/mol. The smallest absolute Gasteiger partial charge is 0.265 e. The third-order valence-electron chi connectivity index (χ3n) is 6.15. The van der Waals surface area contributed by atoms with Crippen molar-refractivity contribution < 1.29 is 9.53 Å². The number of ether oxygens (including phenoxy) is 1. The molecule has 1 amide bonds. The van der Waals surface area contributed by atoms with E-state index in [4.69, 9.17) is 9.72 Å². The maximum atomic E-state index is 13.4. The van der Waals surface area contributed by atoms with Crippen LogP contribution in [0.4, 0.5) is 5.69 Å². The number of carbonyl (C=O) groups is 1. The molecule has 0 bridgehead atoms. The number of benzene rings is 4. The number of amides is 1. The molecule has 0 fully saturated rings. The Bertz CT molecular complexity index is 1430. The van der Waals surface area contributed by atoms with Crippen LogP contribution in [0.5, 0.6) is 5.75 Å². The first kappa shape index (κ1) is 21.3. The largest absolute Gasteiger partial charge is 0.482 e. The van der Waals surface area contributed by atoms with Gasteiger partial charge >= 0.3 is 0 Å².